The molecule has 0 aromatic carbocycles. The highest BCUT2D eigenvalue weighted by Gasteiger charge is 2.25. The Morgan fingerprint density at radius 3 is 2.38 bits per heavy atom. The van der Waals surface area contributed by atoms with Crippen LogP contribution < -0.4 is 5.32 Å². The molecule has 130 valence electrons. The largest absolute Gasteiger partial charge is 0.481 e. The van der Waals surface area contributed by atoms with Crippen molar-refractivity contribution in [2.75, 3.05) is 12.3 Å². The van der Waals surface area contributed by atoms with Crippen molar-refractivity contribution in [2.45, 2.75) is 18.6 Å². The van der Waals surface area contributed by atoms with Gasteiger partial charge in [-0.1, -0.05) is 6.07 Å². The number of nitrogens with zero attached hydrogens (tertiary/aromatic N) is 1. The molecule has 9 heteroatoms. The first-order valence-corrected chi connectivity index (χ1v) is 8.14. The second kappa shape index (κ2) is 9.66. The zero-order valence-corrected chi connectivity index (χ0v) is 13.8. The van der Waals surface area contributed by atoms with Gasteiger partial charge in [0.15, 0.2) is 5.78 Å². The number of hydrogen-bond acceptors (Lipinski definition) is 6. The first-order valence-electron chi connectivity index (χ1n) is 7.09. The summed E-state index contributed by atoms with van der Waals surface area (Å²) in [4.78, 5) is 47.1. The van der Waals surface area contributed by atoms with E-state index in [0.29, 0.717) is 6.54 Å². The van der Waals surface area contributed by atoms with E-state index in [4.69, 9.17) is 10.2 Å². The van der Waals surface area contributed by atoms with Crippen LogP contribution in [0.5, 0.6) is 0 Å². The number of hydrogen-bond donors (Lipinski definition) is 3. The van der Waals surface area contributed by atoms with Gasteiger partial charge in [0.25, 0.3) is 0 Å². The molecule has 2 rings (SSSR count). The van der Waals surface area contributed by atoms with Crippen LogP contribution in [0.1, 0.15) is 23.8 Å². The van der Waals surface area contributed by atoms with Crippen molar-refractivity contribution in [3.8, 4) is 0 Å². The average molecular weight is 354 g/mol. The van der Waals surface area contributed by atoms with Gasteiger partial charge in [-0.3, -0.25) is 24.2 Å². The first kappa shape index (κ1) is 19.6. The minimum atomic E-state index is -1.09. The van der Waals surface area contributed by atoms with Crippen molar-refractivity contribution in [3.05, 3.63) is 30.1 Å². The van der Waals surface area contributed by atoms with E-state index in [-0.39, 0.29) is 29.6 Å². The van der Waals surface area contributed by atoms with E-state index in [1.807, 2.05) is 0 Å². The smallest absolute Gasteiger partial charge is 0.316 e. The number of ketones is 1. The molecule has 3 N–H and O–H groups in total. The van der Waals surface area contributed by atoms with Crippen molar-refractivity contribution >= 4 is 35.4 Å². The van der Waals surface area contributed by atoms with Crippen molar-refractivity contribution in [1.82, 2.24) is 10.3 Å². The van der Waals surface area contributed by atoms with Crippen LogP contribution >= 0.6 is 11.8 Å². The number of carbonyl (C=O) groups is 4. The second-order valence-electron chi connectivity index (χ2n) is 4.96. The fourth-order valence-electron chi connectivity index (χ4n) is 1.52. The van der Waals surface area contributed by atoms with Gasteiger partial charge in [0.05, 0.1) is 18.2 Å². The third-order valence-corrected chi connectivity index (χ3v) is 4.22. The molecular weight excluding hydrogens is 336 g/mol. The lowest BCUT2D eigenvalue weighted by Gasteiger charge is -2.14. The van der Waals surface area contributed by atoms with E-state index in [1.165, 1.54) is 19.2 Å². The van der Waals surface area contributed by atoms with Gasteiger partial charge in [0.2, 0.25) is 5.91 Å². The number of carboxylic acid groups (broad SMARTS) is 2. The number of aromatic nitrogens is 1. The highest BCUT2D eigenvalue weighted by Crippen LogP contribution is 2.20. The Morgan fingerprint density at radius 1 is 1.33 bits per heavy atom. The molecule has 0 aliphatic carbocycles. The highest BCUT2D eigenvalue weighted by atomic mass is 32.2. The molecule has 2 heterocycles. The third-order valence-electron chi connectivity index (χ3n) is 2.93. The van der Waals surface area contributed by atoms with Crippen LogP contribution in [0.3, 0.4) is 0 Å². The summed E-state index contributed by atoms with van der Waals surface area (Å²) < 4.78 is 0. The number of nitrogens with one attached hydrogen (secondary N) is 1. The van der Waals surface area contributed by atoms with E-state index in [9.17, 15) is 19.2 Å². The van der Waals surface area contributed by atoms with Crippen molar-refractivity contribution in [3.63, 3.8) is 0 Å². The summed E-state index contributed by atoms with van der Waals surface area (Å²) in [7, 11) is 0. The molecule has 1 fully saturated rings. The zero-order valence-electron chi connectivity index (χ0n) is 13.0. The Hall–Kier alpha value is -2.42. The number of rotatable bonds is 8. The molecule has 1 amide bonds. The first-order chi connectivity index (χ1) is 11.3. The summed E-state index contributed by atoms with van der Waals surface area (Å²) in [6.45, 7) is 2.09. The molecule has 0 bridgehead atoms. The van der Waals surface area contributed by atoms with Crippen LogP contribution in [0.2, 0.25) is 0 Å². The molecule has 1 aromatic heterocycles. The molecular formula is C15H18N2O6S. The van der Waals surface area contributed by atoms with Gasteiger partial charge in [0, 0.05) is 17.9 Å². The van der Waals surface area contributed by atoms with E-state index in [2.05, 4.69) is 10.3 Å². The number of aliphatic carboxylic acids is 2. The van der Waals surface area contributed by atoms with E-state index < -0.39 is 23.1 Å². The minimum Gasteiger partial charge on any atom is -0.481 e. The average Bonchev–Trinajstić information content (AvgIpc) is 3.33. The number of amides is 1. The molecule has 2 atom stereocenters. The molecule has 1 aromatic rings. The molecule has 1 aliphatic rings. The molecule has 1 saturated heterocycles. The Balaban J connectivity index is 0.000000624. The quantitative estimate of drug-likeness (QED) is 0.456. The number of thioether (sulfide) groups is 1. The SMILES string of the molecule is CC(SCC(CC(=O)O)C(=O)c1ccccn1)C(=O)O.O=C1CN1. The fraction of sp³-hybridized carbons (Fsp3) is 0.400. The summed E-state index contributed by atoms with van der Waals surface area (Å²) in [5.41, 5.74) is 0.197. The lowest BCUT2D eigenvalue weighted by atomic mass is 9.99. The summed E-state index contributed by atoms with van der Waals surface area (Å²) in [6.07, 6.45) is 1.12. The van der Waals surface area contributed by atoms with E-state index >= 15 is 0 Å². The summed E-state index contributed by atoms with van der Waals surface area (Å²) in [5.74, 6) is -2.95. The van der Waals surface area contributed by atoms with Gasteiger partial charge >= 0.3 is 11.9 Å². The predicted molar refractivity (Wildman–Crippen MR) is 86.9 cm³/mol. The maximum atomic E-state index is 12.2. The molecule has 0 saturated carbocycles. The fourth-order valence-corrected chi connectivity index (χ4v) is 2.46. The zero-order chi connectivity index (χ0) is 18.1. The predicted octanol–water partition coefficient (Wildman–Crippen LogP) is 0.678. The Kier molecular flexibility index (Phi) is 7.90. The number of Topliss-reactive ketones (excluding diaryl/α,β-unsaturated/α-hetero) is 1. The summed E-state index contributed by atoms with van der Waals surface area (Å²) in [5, 5.41) is 19.4. The summed E-state index contributed by atoms with van der Waals surface area (Å²) >= 11 is 1.05. The minimum absolute atomic E-state index is 0.134. The van der Waals surface area contributed by atoms with Crippen LogP contribution in [0, 0.1) is 5.92 Å². The van der Waals surface area contributed by atoms with Crippen molar-refractivity contribution in [2.24, 2.45) is 5.92 Å². The highest BCUT2D eigenvalue weighted by molar-refractivity contribution is 8.00. The lowest BCUT2D eigenvalue weighted by Crippen LogP contribution is -2.24. The van der Waals surface area contributed by atoms with Crippen molar-refractivity contribution in [1.29, 1.82) is 0 Å². The molecule has 0 spiro atoms. The standard InChI is InChI=1S/C13H15NO5S.C2H3NO/c1-8(13(18)19)20-7-9(6-11(15)16)12(17)10-4-2-3-5-14-10;4-2-1-3-2/h2-5,8-9H,6-7H2,1H3,(H,15,16)(H,18,19);1H2,(H,3,4). The maximum absolute atomic E-state index is 12.2. The van der Waals surface area contributed by atoms with E-state index in [0.717, 1.165) is 11.8 Å². The monoisotopic (exact) mass is 354 g/mol. The van der Waals surface area contributed by atoms with Crippen LogP contribution in [-0.2, 0) is 14.4 Å². The molecule has 0 radical (unpaired) electrons. The van der Waals surface area contributed by atoms with Crippen molar-refractivity contribution < 1.29 is 29.4 Å². The maximum Gasteiger partial charge on any atom is 0.316 e. The molecule has 24 heavy (non-hydrogen) atoms. The van der Waals surface area contributed by atoms with Gasteiger partial charge in [-0.05, 0) is 19.1 Å². The Labute approximate surface area is 142 Å². The van der Waals surface area contributed by atoms with Gasteiger partial charge in [-0.15, -0.1) is 11.8 Å². The van der Waals surface area contributed by atoms with Gasteiger partial charge in [-0.25, -0.2) is 0 Å². The third kappa shape index (κ3) is 7.73. The number of carbonyl (C=O) groups excluding carboxylic acids is 2. The topological polar surface area (TPSA) is 144 Å². The number of pyridine rings is 1. The molecule has 8 nitrogen and oxygen atoms in total. The lowest BCUT2D eigenvalue weighted by molar-refractivity contribution is -0.138. The van der Waals surface area contributed by atoms with Crippen LogP contribution in [-0.4, -0.2) is 56.4 Å². The van der Waals surface area contributed by atoms with Crippen LogP contribution in [0.25, 0.3) is 0 Å². The van der Waals surface area contributed by atoms with Gasteiger partial charge in [0.1, 0.15) is 5.69 Å². The Bertz CT molecular complexity index is 601. The van der Waals surface area contributed by atoms with Crippen LogP contribution in [0.15, 0.2) is 24.4 Å². The van der Waals surface area contributed by atoms with E-state index in [1.54, 1.807) is 12.1 Å². The van der Waals surface area contributed by atoms with Gasteiger partial charge in [-0.2, -0.15) is 0 Å². The van der Waals surface area contributed by atoms with Crippen LogP contribution in [0.4, 0.5) is 0 Å². The second-order valence-corrected chi connectivity index (χ2v) is 6.34. The van der Waals surface area contributed by atoms with Gasteiger partial charge < -0.3 is 15.5 Å². The molecule has 2 unspecified atom stereocenters. The molecule has 1 aliphatic heterocycles. The summed E-state index contributed by atoms with van der Waals surface area (Å²) in [6, 6.07) is 4.82. The Morgan fingerprint density at radius 2 is 1.96 bits per heavy atom. The number of carboxylic acids is 2. The normalized spacial score (nSPS) is 14.5.